The molecule has 0 spiro atoms. The van der Waals surface area contributed by atoms with E-state index in [1.165, 1.54) is 4.31 Å². The molecular weight excluding hydrogens is 372 g/mol. The lowest BCUT2D eigenvalue weighted by molar-refractivity contribution is 0.385. The Morgan fingerprint density at radius 1 is 0.769 bits per heavy atom. The molecule has 0 aromatic heterocycles. The number of nitrogens with zero attached hydrogens (tertiary/aromatic N) is 2. The second kappa shape index (κ2) is 7.38. The van der Waals surface area contributed by atoms with Crippen LogP contribution in [0.5, 0.6) is 0 Å². The molecule has 0 saturated carbocycles. The van der Waals surface area contributed by atoms with E-state index in [-0.39, 0.29) is 5.75 Å². The summed E-state index contributed by atoms with van der Waals surface area (Å²) in [4.78, 5) is 2.69. The number of benzene rings is 2. The Labute approximate surface area is 155 Å². The van der Waals surface area contributed by atoms with Crippen LogP contribution in [0.2, 0.25) is 0 Å². The van der Waals surface area contributed by atoms with Gasteiger partial charge in [-0.25, -0.2) is 16.8 Å². The molecular formula is C18H22N2O4S2. The van der Waals surface area contributed by atoms with Crippen molar-refractivity contribution in [2.45, 2.75) is 16.7 Å². The Bertz CT molecular complexity index is 948. The summed E-state index contributed by atoms with van der Waals surface area (Å²) in [5.74, 6) is 0.0718. The van der Waals surface area contributed by atoms with Gasteiger partial charge < -0.3 is 4.90 Å². The van der Waals surface area contributed by atoms with Crippen LogP contribution in [-0.4, -0.2) is 53.1 Å². The summed E-state index contributed by atoms with van der Waals surface area (Å²) in [6.07, 6.45) is 0. The normalized spacial score (nSPS) is 16.6. The minimum Gasteiger partial charge on any atom is -0.369 e. The molecule has 2 aromatic carbocycles. The zero-order chi connectivity index (χ0) is 18.8. The number of hydrogen-bond acceptors (Lipinski definition) is 5. The van der Waals surface area contributed by atoms with Gasteiger partial charge in [0.2, 0.25) is 10.0 Å². The number of sulfone groups is 1. The van der Waals surface area contributed by atoms with Crippen molar-refractivity contribution in [1.29, 1.82) is 0 Å². The summed E-state index contributed by atoms with van der Waals surface area (Å²) in [6, 6.07) is 15.2. The van der Waals surface area contributed by atoms with Crippen LogP contribution in [0.25, 0.3) is 0 Å². The van der Waals surface area contributed by atoms with Crippen molar-refractivity contribution in [3.05, 3.63) is 54.6 Å². The summed E-state index contributed by atoms with van der Waals surface area (Å²) >= 11 is 0. The number of sulfonamides is 1. The fourth-order valence-corrected chi connectivity index (χ4v) is 5.29. The maximum Gasteiger partial charge on any atom is 0.243 e. The van der Waals surface area contributed by atoms with E-state index >= 15 is 0 Å². The Morgan fingerprint density at radius 3 is 1.88 bits per heavy atom. The quantitative estimate of drug-likeness (QED) is 0.775. The first kappa shape index (κ1) is 18.9. The van der Waals surface area contributed by atoms with Crippen molar-refractivity contribution < 1.29 is 16.8 Å². The largest absolute Gasteiger partial charge is 0.369 e. The van der Waals surface area contributed by atoms with Crippen molar-refractivity contribution >= 4 is 25.5 Å². The monoisotopic (exact) mass is 394 g/mol. The molecule has 6 nitrogen and oxygen atoms in total. The van der Waals surface area contributed by atoms with Gasteiger partial charge in [0, 0.05) is 31.9 Å². The van der Waals surface area contributed by atoms with E-state index in [1.807, 2.05) is 0 Å². The Morgan fingerprint density at radius 2 is 1.35 bits per heavy atom. The molecule has 1 fully saturated rings. The first-order chi connectivity index (χ1) is 12.3. The second-order valence-corrected chi connectivity index (χ2v) is 10.3. The van der Waals surface area contributed by atoms with Gasteiger partial charge in [0.1, 0.15) is 0 Å². The molecule has 1 heterocycles. The fourth-order valence-electron chi connectivity index (χ4n) is 2.96. The van der Waals surface area contributed by atoms with Crippen LogP contribution in [0.3, 0.4) is 0 Å². The summed E-state index contributed by atoms with van der Waals surface area (Å²) in [7, 11) is -6.68. The molecule has 0 N–H and O–H groups in total. The minimum atomic E-state index is -3.47. The average Bonchev–Trinajstić information content (AvgIpc) is 2.69. The van der Waals surface area contributed by atoms with E-state index in [0.717, 1.165) is 5.69 Å². The van der Waals surface area contributed by atoms with Gasteiger partial charge in [-0.05, 0) is 36.4 Å². The zero-order valence-corrected chi connectivity index (χ0v) is 16.2. The topological polar surface area (TPSA) is 74.8 Å². The fraction of sp³-hybridized carbons (Fsp3) is 0.333. The van der Waals surface area contributed by atoms with E-state index in [4.69, 9.17) is 0 Å². The molecule has 8 heteroatoms. The van der Waals surface area contributed by atoms with Crippen LogP contribution in [0.1, 0.15) is 6.92 Å². The van der Waals surface area contributed by atoms with Gasteiger partial charge in [0.15, 0.2) is 9.84 Å². The predicted octanol–water partition coefficient (Wildman–Crippen LogP) is 1.99. The van der Waals surface area contributed by atoms with E-state index in [0.29, 0.717) is 36.0 Å². The summed E-state index contributed by atoms with van der Waals surface area (Å²) in [6.45, 7) is 3.53. The molecule has 3 rings (SSSR count). The SMILES string of the molecule is CCS(=O)(=O)c1ccc(N2CCN(S(=O)(=O)c3ccccc3)CC2)cc1. The number of rotatable bonds is 5. The standard InChI is InChI=1S/C18H22N2O4S2/c1-2-25(21,22)17-10-8-16(9-11-17)19-12-14-20(15-13-19)26(23,24)18-6-4-3-5-7-18/h3-11H,2,12-15H2,1H3. The molecule has 0 amide bonds. The Hall–Kier alpha value is -1.90. The van der Waals surface area contributed by atoms with Crippen LogP contribution in [0, 0.1) is 0 Å². The lowest BCUT2D eigenvalue weighted by Crippen LogP contribution is -2.48. The molecule has 0 radical (unpaired) electrons. The molecule has 26 heavy (non-hydrogen) atoms. The van der Waals surface area contributed by atoms with E-state index < -0.39 is 19.9 Å². The first-order valence-corrected chi connectivity index (χ1v) is 11.6. The first-order valence-electron chi connectivity index (χ1n) is 8.47. The third-order valence-corrected chi connectivity index (χ3v) is 8.22. The molecule has 0 unspecified atom stereocenters. The highest BCUT2D eigenvalue weighted by Gasteiger charge is 2.28. The van der Waals surface area contributed by atoms with Crippen molar-refractivity contribution in [3.8, 4) is 0 Å². The molecule has 1 aliphatic heterocycles. The third-order valence-electron chi connectivity index (χ3n) is 4.56. The summed E-state index contributed by atoms with van der Waals surface area (Å²) < 4.78 is 50.6. The lowest BCUT2D eigenvalue weighted by Gasteiger charge is -2.35. The number of anilines is 1. The average molecular weight is 395 g/mol. The van der Waals surface area contributed by atoms with Gasteiger partial charge in [-0.1, -0.05) is 25.1 Å². The van der Waals surface area contributed by atoms with Crippen molar-refractivity contribution in [3.63, 3.8) is 0 Å². The van der Waals surface area contributed by atoms with Gasteiger partial charge in [0.25, 0.3) is 0 Å². The zero-order valence-electron chi connectivity index (χ0n) is 14.6. The number of piperazine rings is 1. The lowest BCUT2D eigenvalue weighted by atomic mass is 10.2. The highest BCUT2D eigenvalue weighted by atomic mass is 32.2. The Balaban J connectivity index is 1.69. The maximum absolute atomic E-state index is 12.7. The van der Waals surface area contributed by atoms with Crippen LogP contribution in [-0.2, 0) is 19.9 Å². The van der Waals surface area contributed by atoms with Crippen LogP contribution < -0.4 is 4.90 Å². The van der Waals surface area contributed by atoms with Gasteiger partial charge in [-0.15, -0.1) is 0 Å². The van der Waals surface area contributed by atoms with Crippen LogP contribution in [0.4, 0.5) is 5.69 Å². The van der Waals surface area contributed by atoms with Gasteiger partial charge in [-0.2, -0.15) is 4.31 Å². The molecule has 1 saturated heterocycles. The molecule has 0 atom stereocenters. The smallest absolute Gasteiger partial charge is 0.243 e. The highest BCUT2D eigenvalue weighted by Crippen LogP contribution is 2.22. The number of hydrogen-bond donors (Lipinski definition) is 0. The van der Waals surface area contributed by atoms with E-state index in [2.05, 4.69) is 4.90 Å². The highest BCUT2D eigenvalue weighted by molar-refractivity contribution is 7.91. The van der Waals surface area contributed by atoms with Crippen molar-refractivity contribution in [2.24, 2.45) is 0 Å². The maximum atomic E-state index is 12.7. The van der Waals surface area contributed by atoms with Crippen LogP contribution in [0.15, 0.2) is 64.4 Å². The van der Waals surface area contributed by atoms with Gasteiger partial charge in [-0.3, -0.25) is 0 Å². The molecule has 1 aliphatic rings. The molecule has 0 aliphatic carbocycles. The summed E-state index contributed by atoms with van der Waals surface area (Å²) in [5.41, 5.74) is 0.900. The molecule has 140 valence electrons. The van der Waals surface area contributed by atoms with Gasteiger partial charge >= 0.3 is 0 Å². The minimum absolute atomic E-state index is 0.0718. The van der Waals surface area contributed by atoms with E-state index in [9.17, 15) is 16.8 Å². The third kappa shape index (κ3) is 3.77. The Kier molecular flexibility index (Phi) is 5.36. The molecule has 0 bridgehead atoms. The second-order valence-electron chi connectivity index (χ2n) is 6.10. The van der Waals surface area contributed by atoms with Crippen molar-refractivity contribution in [2.75, 3.05) is 36.8 Å². The van der Waals surface area contributed by atoms with Crippen LogP contribution >= 0.6 is 0 Å². The summed E-state index contributed by atoms with van der Waals surface area (Å²) in [5, 5.41) is 0. The predicted molar refractivity (Wildman–Crippen MR) is 102 cm³/mol. The van der Waals surface area contributed by atoms with Gasteiger partial charge in [0.05, 0.1) is 15.5 Å². The van der Waals surface area contributed by atoms with E-state index in [1.54, 1.807) is 61.5 Å². The molecule has 2 aromatic rings. The van der Waals surface area contributed by atoms with Crippen molar-refractivity contribution in [1.82, 2.24) is 4.31 Å².